The number of aromatic nitrogens is 2. The highest BCUT2D eigenvalue weighted by molar-refractivity contribution is 6.30. The van der Waals surface area contributed by atoms with E-state index < -0.39 is 0 Å². The lowest BCUT2D eigenvalue weighted by Crippen LogP contribution is -2.41. The molecule has 0 radical (unpaired) electrons. The number of nitrogens with zero attached hydrogens (tertiary/aromatic N) is 3. The van der Waals surface area contributed by atoms with Gasteiger partial charge in [-0.2, -0.15) is 0 Å². The summed E-state index contributed by atoms with van der Waals surface area (Å²) in [7, 11) is 3.08. The van der Waals surface area contributed by atoms with Gasteiger partial charge in [-0.25, -0.2) is 4.98 Å². The molecule has 1 aliphatic rings. The first kappa shape index (κ1) is 23.8. The standard InChI is InChI=1S/C25H27ClN4O4/c1-33-16-24(32)29(13-17-3-4-17)15-23(31)28-25-27-22(18-5-7-19(26)8-6-18)14-30(25)20-9-11-21(34-2)12-10-20/h5-12,14,17H,3-4,13,15-16H2,1-2H3,(H,27,28,31). The molecule has 0 saturated heterocycles. The Labute approximate surface area is 203 Å². The normalized spacial score (nSPS) is 12.9. The van der Waals surface area contributed by atoms with Gasteiger partial charge in [0.1, 0.15) is 18.9 Å². The number of carbonyl (C=O) groups excluding carboxylic acids is 2. The van der Waals surface area contributed by atoms with E-state index in [2.05, 4.69) is 10.3 Å². The summed E-state index contributed by atoms with van der Waals surface area (Å²) in [5.41, 5.74) is 2.33. The van der Waals surface area contributed by atoms with Gasteiger partial charge in [0, 0.05) is 36.1 Å². The molecule has 1 saturated carbocycles. The molecule has 2 aromatic carbocycles. The van der Waals surface area contributed by atoms with Gasteiger partial charge in [0.05, 0.1) is 12.8 Å². The molecular formula is C25H27ClN4O4. The number of hydrogen-bond donors (Lipinski definition) is 1. The van der Waals surface area contributed by atoms with Crippen LogP contribution in [-0.4, -0.2) is 60.2 Å². The van der Waals surface area contributed by atoms with Gasteiger partial charge in [0.2, 0.25) is 17.8 Å². The lowest BCUT2D eigenvalue weighted by molar-refractivity contribution is -0.138. The van der Waals surface area contributed by atoms with Crippen molar-refractivity contribution in [2.24, 2.45) is 5.92 Å². The number of anilines is 1. The molecular weight excluding hydrogens is 456 g/mol. The minimum atomic E-state index is -0.326. The minimum Gasteiger partial charge on any atom is -0.497 e. The number of benzene rings is 2. The third-order valence-corrected chi connectivity index (χ3v) is 5.83. The first-order chi connectivity index (χ1) is 16.5. The molecule has 1 N–H and O–H groups in total. The Morgan fingerprint density at radius 3 is 2.44 bits per heavy atom. The van der Waals surface area contributed by atoms with Crippen LogP contribution in [0.2, 0.25) is 5.02 Å². The van der Waals surface area contributed by atoms with Crippen molar-refractivity contribution >= 4 is 29.4 Å². The smallest absolute Gasteiger partial charge is 0.249 e. The molecule has 2 amide bonds. The monoisotopic (exact) mass is 482 g/mol. The third-order valence-electron chi connectivity index (χ3n) is 5.58. The molecule has 34 heavy (non-hydrogen) atoms. The molecule has 0 aliphatic heterocycles. The fraction of sp³-hybridized carbons (Fsp3) is 0.320. The van der Waals surface area contributed by atoms with E-state index in [9.17, 15) is 9.59 Å². The lowest BCUT2D eigenvalue weighted by Gasteiger charge is -2.21. The maximum absolute atomic E-state index is 13.0. The van der Waals surface area contributed by atoms with Crippen LogP contribution in [0.15, 0.2) is 54.7 Å². The van der Waals surface area contributed by atoms with Crippen molar-refractivity contribution in [2.45, 2.75) is 12.8 Å². The fourth-order valence-corrected chi connectivity index (χ4v) is 3.71. The Bertz CT molecular complexity index is 1140. The van der Waals surface area contributed by atoms with Crippen LogP contribution >= 0.6 is 11.6 Å². The summed E-state index contributed by atoms with van der Waals surface area (Å²) in [6.07, 6.45) is 3.99. The second-order valence-corrected chi connectivity index (χ2v) is 8.66. The van der Waals surface area contributed by atoms with Crippen molar-refractivity contribution in [3.63, 3.8) is 0 Å². The van der Waals surface area contributed by atoms with Crippen molar-refractivity contribution < 1.29 is 19.1 Å². The van der Waals surface area contributed by atoms with Crippen LogP contribution < -0.4 is 10.1 Å². The molecule has 1 aromatic heterocycles. The average Bonchev–Trinajstić information content (AvgIpc) is 3.56. The highest BCUT2D eigenvalue weighted by Gasteiger charge is 2.28. The molecule has 0 atom stereocenters. The number of imidazole rings is 1. The van der Waals surface area contributed by atoms with E-state index in [0.717, 1.165) is 29.8 Å². The zero-order valence-corrected chi connectivity index (χ0v) is 19.9. The molecule has 0 bridgehead atoms. The number of ether oxygens (including phenoxy) is 2. The predicted molar refractivity (Wildman–Crippen MR) is 130 cm³/mol. The van der Waals surface area contributed by atoms with E-state index in [0.29, 0.717) is 29.1 Å². The van der Waals surface area contributed by atoms with Crippen molar-refractivity contribution in [1.82, 2.24) is 14.5 Å². The molecule has 0 spiro atoms. The van der Waals surface area contributed by atoms with E-state index >= 15 is 0 Å². The zero-order valence-electron chi connectivity index (χ0n) is 19.2. The van der Waals surface area contributed by atoms with Crippen LogP contribution in [0, 0.1) is 5.92 Å². The maximum atomic E-state index is 13.0. The summed E-state index contributed by atoms with van der Waals surface area (Å²) in [6, 6.07) is 14.8. The van der Waals surface area contributed by atoms with Gasteiger partial charge < -0.3 is 14.4 Å². The maximum Gasteiger partial charge on any atom is 0.249 e. The number of hydrogen-bond acceptors (Lipinski definition) is 5. The molecule has 3 aromatic rings. The van der Waals surface area contributed by atoms with Gasteiger partial charge in [-0.15, -0.1) is 0 Å². The molecule has 0 unspecified atom stereocenters. The second-order valence-electron chi connectivity index (χ2n) is 8.22. The summed E-state index contributed by atoms with van der Waals surface area (Å²) in [5.74, 6) is 0.995. The van der Waals surface area contributed by atoms with E-state index in [1.54, 1.807) is 28.7 Å². The molecule has 1 heterocycles. The largest absolute Gasteiger partial charge is 0.497 e. The number of amides is 2. The van der Waals surface area contributed by atoms with E-state index in [1.165, 1.54) is 7.11 Å². The molecule has 1 aliphatic carbocycles. The minimum absolute atomic E-state index is 0.0544. The summed E-state index contributed by atoms with van der Waals surface area (Å²) in [6.45, 7) is 0.435. The summed E-state index contributed by atoms with van der Waals surface area (Å²) < 4.78 is 12.0. The number of halogens is 1. The lowest BCUT2D eigenvalue weighted by atomic mass is 10.2. The van der Waals surface area contributed by atoms with Crippen LogP contribution in [0.1, 0.15) is 12.8 Å². The van der Waals surface area contributed by atoms with Gasteiger partial charge in [-0.1, -0.05) is 23.7 Å². The highest BCUT2D eigenvalue weighted by atomic mass is 35.5. The van der Waals surface area contributed by atoms with Crippen LogP contribution in [0.25, 0.3) is 16.9 Å². The van der Waals surface area contributed by atoms with E-state index in [-0.39, 0.29) is 25.0 Å². The van der Waals surface area contributed by atoms with Crippen LogP contribution in [0.5, 0.6) is 5.75 Å². The molecule has 9 heteroatoms. The van der Waals surface area contributed by atoms with E-state index in [1.807, 2.05) is 42.6 Å². The van der Waals surface area contributed by atoms with Gasteiger partial charge in [0.15, 0.2) is 0 Å². The quantitative estimate of drug-likeness (QED) is 0.471. The number of methoxy groups -OCH3 is 2. The summed E-state index contributed by atoms with van der Waals surface area (Å²) in [4.78, 5) is 31.6. The van der Waals surface area contributed by atoms with Gasteiger partial charge in [-0.3, -0.25) is 19.5 Å². The third kappa shape index (κ3) is 5.95. The van der Waals surface area contributed by atoms with Crippen molar-refractivity contribution in [3.05, 3.63) is 59.8 Å². The first-order valence-electron chi connectivity index (χ1n) is 11.0. The Kier molecular flexibility index (Phi) is 7.49. The Morgan fingerprint density at radius 2 is 1.82 bits per heavy atom. The topological polar surface area (TPSA) is 85.7 Å². The van der Waals surface area contributed by atoms with Crippen molar-refractivity contribution in [3.8, 4) is 22.7 Å². The first-order valence-corrected chi connectivity index (χ1v) is 11.4. The SMILES string of the molecule is COCC(=O)N(CC(=O)Nc1nc(-c2ccc(Cl)cc2)cn1-c1ccc(OC)cc1)CC1CC1. The number of carbonyl (C=O) groups is 2. The molecule has 1 fully saturated rings. The van der Waals surface area contributed by atoms with Gasteiger partial charge >= 0.3 is 0 Å². The van der Waals surface area contributed by atoms with E-state index in [4.69, 9.17) is 21.1 Å². The van der Waals surface area contributed by atoms with Crippen LogP contribution in [0.3, 0.4) is 0 Å². The van der Waals surface area contributed by atoms with Crippen LogP contribution in [-0.2, 0) is 14.3 Å². The average molecular weight is 483 g/mol. The van der Waals surface area contributed by atoms with Gasteiger partial charge in [0.25, 0.3) is 0 Å². The highest BCUT2D eigenvalue weighted by Crippen LogP contribution is 2.30. The number of rotatable bonds is 10. The second kappa shape index (κ2) is 10.7. The Hall–Kier alpha value is -3.36. The fourth-order valence-electron chi connectivity index (χ4n) is 3.59. The summed E-state index contributed by atoms with van der Waals surface area (Å²) in [5, 5.41) is 3.51. The molecule has 178 valence electrons. The summed E-state index contributed by atoms with van der Waals surface area (Å²) >= 11 is 6.03. The Morgan fingerprint density at radius 1 is 1.12 bits per heavy atom. The number of nitrogens with one attached hydrogen (secondary N) is 1. The van der Waals surface area contributed by atoms with Crippen molar-refractivity contribution in [1.29, 1.82) is 0 Å². The molecule has 4 rings (SSSR count). The zero-order chi connectivity index (χ0) is 24.1. The Balaban J connectivity index is 1.59. The predicted octanol–water partition coefficient (Wildman–Crippen LogP) is 4.02. The van der Waals surface area contributed by atoms with Gasteiger partial charge in [-0.05, 0) is 55.2 Å². The molecule has 8 nitrogen and oxygen atoms in total. The van der Waals surface area contributed by atoms with Crippen LogP contribution in [0.4, 0.5) is 5.95 Å². The van der Waals surface area contributed by atoms with Crippen molar-refractivity contribution in [2.75, 3.05) is 39.2 Å².